The Kier molecular flexibility index (Phi) is 4.49. The first-order valence-electron chi connectivity index (χ1n) is 6.09. The minimum absolute atomic E-state index is 0.147. The molecule has 1 heterocycles. The zero-order chi connectivity index (χ0) is 13.0. The molecular weight excluding hydrogens is 248 g/mol. The SMILES string of the molecule is CCOc1ccc(N2CC(CN)SCC2=O)cc1. The second-order valence-electron chi connectivity index (χ2n) is 4.10. The average molecular weight is 266 g/mol. The quantitative estimate of drug-likeness (QED) is 0.897. The maximum absolute atomic E-state index is 11.9. The van der Waals surface area contributed by atoms with Crippen molar-refractivity contribution in [2.45, 2.75) is 12.2 Å². The predicted octanol–water partition coefficient (Wildman–Crippen LogP) is 1.49. The molecule has 1 atom stereocenters. The number of nitrogens with zero attached hydrogens (tertiary/aromatic N) is 1. The van der Waals surface area contributed by atoms with Crippen LogP contribution < -0.4 is 15.4 Å². The summed E-state index contributed by atoms with van der Waals surface area (Å²) in [5.41, 5.74) is 6.59. The van der Waals surface area contributed by atoms with E-state index in [-0.39, 0.29) is 5.91 Å². The highest BCUT2D eigenvalue weighted by atomic mass is 32.2. The smallest absolute Gasteiger partial charge is 0.237 e. The Morgan fingerprint density at radius 1 is 1.44 bits per heavy atom. The summed E-state index contributed by atoms with van der Waals surface area (Å²) in [6.45, 7) is 3.89. The Balaban J connectivity index is 2.11. The molecule has 2 rings (SSSR count). The topological polar surface area (TPSA) is 55.6 Å². The Hall–Kier alpha value is -1.20. The standard InChI is InChI=1S/C13H18N2O2S/c1-2-17-11-5-3-10(4-6-11)15-8-12(7-14)18-9-13(15)16/h3-6,12H,2,7-9,14H2,1H3. The lowest BCUT2D eigenvalue weighted by Gasteiger charge is -2.31. The van der Waals surface area contributed by atoms with E-state index < -0.39 is 0 Å². The van der Waals surface area contributed by atoms with Crippen LogP contribution in [0.2, 0.25) is 0 Å². The number of rotatable bonds is 4. The van der Waals surface area contributed by atoms with E-state index in [1.54, 1.807) is 11.8 Å². The van der Waals surface area contributed by atoms with Crippen molar-refractivity contribution in [1.82, 2.24) is 0 Å². The van der Waals surface area contributed by atoms with Crippen molar-refractivity contribution in [1.29, 1.82) is 0 Å². The van der Waals surface area contributed by atoms with E-state index in [0.717, 1.165) is 11.4 Å². The molecule has 0 bridgehead atoms. The molecule has 1 aliphatic heterocycles. The van der Waals surface area contributed by atoms with Crippen molar-refractivity contribution in [3.8, 4) is 5.75 Å². The van der Waals surface area contributed by atoms with Crippen LogP contribution in [0.1, 0.15) is 6.92 Å². The Bertz CT molecular complexity index is 408. The fraction of sp³-hybridized carbons (Fsp3) is 0.462. The van der Waals surface area contributed by atoms with Gasteiger partial charge in [-0.15, -0.1) is 11.8 Å². The number of benzene rings is 1. The lowest BCUT2D eigenvalue weighted by Crippen LogP contribution is -2.44. The largest absolute Gasteiger partial charge is 0.494 e. The number of thioether (sulfide) groups is 1. The van der Waals surface area contributed by atoms with E-state index in [1.165, 1.54) is 0 Å². The molecule has 0 spiro atoms. The van der Waals surface area contributed by atoms with Gasteiger partial charge in [-0.25, -0.2) is 0 Å². The molecule has 0 aromatic heterocycles. The number of hydrogen-bond acceptors (Lipinski definition) is 4. The van der Waals surface area contributed by atoms with Crippen LogP contribution in [-0.2, 0) is 4.79 Å². The number of hydrogen-bond donors (Lipinski definition) is 1. The summed E-state index contributed by atoms with van der Waals surface area (Å²) in [7, 11) is 0. The molecule has 5 heteroatoms. The monoisotopic (exact) mass is 266 g/mol. The first kappa shape index (κ1) is 13.2. The van der Waals surface area contributed by atoms with Crippen molar-refractivity contribution in [2.24, 2.45) is 5.73 Å². The van der Waals surface area contributed by atoms with E-state index >= 15 is 0 Å². The maximum atomic E-state index is 11.9. The van der Waals surface area contributed by atoms with E-state index in [9.17, 15) is 4.79 Å². The highest BCUT2D eigenvalue weighted by Gasteiger charge is 2.26. The molecule has 1 amide bonds. The van der Waals surface area contributed by atoms with Gasteiger partial charge in [-0.2, -0.15) is 0 Å². The van der Waals surface area contributed by atoms with E-state index in [2.05, 4.69) is 0 Å². The molecule has 1 fully saturated rings. The summed E-state index contributed by atoms with van der Waals surface area (Å²) in [5.74, 6) is 1.49. The molecule has 0 radical (unpaired) electrons. The Morgan fingerprint density at radius 2 is 2.17 bits per heavy atom. The highest BCUT2D eigenvalue weighted by molar-refractivity contribution is 8.00. The van der Waals surface area contributed by atoms with Gasteiger partial charge in [-0.3, -0.25) is 4.79 Å². The Labute approximate surface area is 111 Å². The Morgan fingerprint density at radius 3 is 2.78 bits per heavy atom. The lowest BCUT2D eigenvalue weighted by atomic mass is 10.2. The van der Waals surface area contributed by atoms with Crippen molar-refractivity contribution in [2.75, 3.05) is 30.3 Å². The zero-order valence-corrected chi connectivity index (χ0v) is 11.3. The minimum atomic E-state index is 0.147. The first-order chi connectivity index (χ1) is 8.74. The van der Waals surface area contributed by atoms with Gasteiger partial charge >= 0.3 is 0 Å². The fourth-order valence-corrected chi connectivity index (χ4v) is 2.83. The lowest BCUT2D eigenvalue weighted by molar-refractivity contribution is -0.116. The third kappa shape index (κ3) is 2.97. The van der Waals surface area contributed by atoms with Crippen molar-refractivity contribution >= 4 is 23.4 Å². The van der Waals surface area contributed by atoms with Crippen LogP contribution in [0.3, 0.4) is 0 Å². The molecule has 1 saturated heterocycles. The number of nitrogens with two attached hydrogens (primary N) is 1. The number of carbonyl (C=O) groups is 1. The van der Waals surface area contributed by atoms with E-state index in [0.29, 0.717) is 30.7 Å². The minimum Gasteiger partial charge on any atom is -0.494 e. The van der Waals surface area contributed by atoms with Gasteiger partial charge in [0, 0.05) is 24.0 Å². The summed E-state index contributed by atoms with van der Waals surface area (Å²) in [5, 5.41) is 0.328. The molecule has 4 nitrogen and oxygen atoms in total. The number of amides is 1. The van der Waals surface area contributed by atoms with Crippen LogP contribution in [-0.4, -0.2) is 36.6 Å². The van der Waals surface area contributed by atoms with Gasteiger partial charge in [0.25, 0.3) is 0 Å². The predicted molar refractivity (Wildman–Crippen MR) is 75.3 cm³/mol. The van der Waals surface area contributed by atoms with Gasteiger partial charge in [-0.05, 0) is 31.2 Å². The number of carbonyl (C=O) groups excluding carboxylic acids is 1. The van der Waals surface area contributed by atoms with Crippen molar-refractivity contribution < 1.29 is 9.53 Å². The second-order valence-corrected chi connectivity index (χ2v) is 5.39. The van der Waals surface area contributed by atoms with E-state index in [4.69, 9.17) is 10.5 Å². The van der Waals surface area contributed by atoms with Gasteiger partial charge in [0.2, 0.25) is 5.91 Å². The van der Waals surface area contributed by atoms with Gasteiger partial charge in [-0.1, -0.05) is 0 Å². The van der Waals surface area contributed by atoms with Gasteiger partial charge in [0.05, 0.1) is 12.4 Å². The first-order valence-corrected chi connectivity index (χ1v) is 7.14. The van der Waals surface area contributed by atoms with Crippen LogP contribution in [0.4, 0.5) is 5.69 Å². The summed E-state index contributed by atoms with van der Waals surface area (Å²) in [4.78, 5) is 13.7. The van der Waals surface area contributed by atoms with Gasteiger partial charge in [0.1, 0.15) is 5.75 Å². The molecule has 1 aromatic carbocycles. The highest BCUT2D eigenvalue weighted by Crippen LogP contribution is 2.26. The zero-order valence-electron chi connectivity index (χ0n) is 10.5. The molecule has 1 unspecified atom stereocenters. The summed E-state index contributed by atoms with van der Waals surface area (Å²) in [6.07, 6.45) is 0. The molecule has 1 aromatic rings. The van der Waals surface area contributed by atoms with Crippen LogP contribution in [0, 0.1) is 0 Å². The number of ether oxygens (including phenoxy) is 1. The average Bonchev–Trinajstić information content (AvgIpc) is 2.41. The van der Waals surface area contributed by atoms with Crippen molar-refractivity contribution in [3.63, 3.8) is 0 Å². The molecule has 18 heavy (non-hydrogen) atoms. The van der Waals surface area contributed by atoms with Crippen LogP contribution in [0.15, 0.2) is 24.3 Å². The maximum Gasteiger partial charge on any atom is 0.237 e. The number of anilines is 1. The molecule has 0 saturated carbocycles. The van der Waals surface area contributed by atoms with Crippen LogP contribution >= 0.6 is 11.8 Å². The van der Waals surface area contributed by atoms with E-state index in [1.807, 2.05) is 36.1 Å². The molecule has 98 valence electrons. The van der Waals surface area contributed by atoms with Crippen LogP contribution in [0.5, 0.6) is 5.75 Å². The third-order valence-electron chi connectivity index (χ3n) is 2.85. The summed E-state index contributed by atoms with van der Waals surface area (Å²) < 4.78 is 5.39. The molecule has 1 aliphatic rings. The van der Waals surface area contributed by atoms with Crippen LogP contribution in [0.25, 0.3) is 0 Å². The molecule has 0 aliphatic carbocycles. The molecule has 2 N–H and O–H groups in total. The normalized spacial score (nSPS) is 20.0. The van der Waals surface area contributed by atoms with Gasteiger partial charge in [0.15, 0.2) is 0 Å². The molecular formula is C13H18N2O2S. The van der Waals surface area contributed by atoms with Gasteiger partial charge < -0.3 is 15.4 Å². The van der Waals surface area contributed by atoms with Crippen molar-refractivity contribution in [3.05, 3.63) is 24.3 Å². The third-order valence-corrected chi connectivity index (χ3v) is 4.08. The fourth-order valence-electron chi connectivity index (χ4n) is 1.91. The summed E-state index contributed by atoms with van der Waals surface area (Å²) in [6, 6.07) is 7.63. The summed E-state index contributed by atoms with van der Waals surface area (Å²) >= 11 is 1.64. The second kappa shape index (κ2) is 6.11.